The second-order valence-electron chi connectivity index (χ2n) is 7.64. The molecule has 1 amide bonds. The van der Waals surface area contributed by atoms with E-state index in [4.69, 9.17) is 4.74 Å². The number of nitrogens with zero attached hydrogens (tertiary/aromatic N) is 1. The van der Waals surface area contributed by atoms with Crippen molar-refractivity contribution in [3.63, 3.8) is 0 Å². The van der Waals surface area contributed by atoms with Gasteiger partial charge in [0.25, 0.3) is 5.91 Å². The molecule has 4 aromatic rings. The number of carbonyl (C=O) groups excluding carboxylic acids is 1. The van der Waals surface area contributed by atoms with Crippen molar-refractivity contribution in [3.8, 4) is 5.75 Å². The van der Waals surface area contributed by atoms with E-state index < -0.39 is 11.9 Å². The van der Waals surface area contributed by atoms with Gasteiger partial charge in [0, 0.05) is 28.7 Å². The van der Waals surface area contributed by atoms with E-state index in [1.54, 1.807) is 24.1 Å². The summed E-state index contributed by atoms with van der Waals surface area (Å²) >= 11 is 0. The van der Waals surface area contributed by atoms with Crippen molar-refractivity contribution in [1.82, 2.24) is 9.88 Å². The molecule has 2 heterocycles. The van der Waals surface area contributed by atoms with Crippen LogP contribution < -0.4 is 4.74 Å². The zero-order valence-corrected chi connectivity index (χ0v) is 16.9. The normalized spacial score (nSPS) is 15.7. The molecule has 1 aliphatic rings. The highest BCUT2D eigenvalue weighted by Gasteiger charge is 2.35. The van der Waals surface area contributed by atoms with Crippen LogP contribution in [-0.2, 0) is 6.42 Å². The number of methoxy groups -OCH3 is 1. The Hall–Kier alpha value is -3.67. The van der Waals surface area contributed by atoms with Gasteiger partial charge >= 0.3 is 0 Å². The smallest absolute Gasteiger partial charge is 0.254 e. The van der Waals surface area contributed by atoms with Gasteiger partial charge in [-0.15, -0.1) is 0 Å². The van der Waals surface area contributed by atoms with Gasteiger partial charge in [-0.25, -0.2) is 8.78 Å². The van der Waals surface area contributed by atoms with Crippen LogP contribution in [0.2, 0.25) is 0 Å². The lowest BCUT2D eigenvalue weighted by atomic mass is 9.91. The molecule has 0 saturated carbocycles. The first kappa shape index (κ1) is 19.3. The minimum Gasteiger partial charge on any atom is -0.497 e. The van der Waals surface area contributed by atoms with Gasteiger partial charge in [-0.3, -0.25) is 4.79 Å². The molecule has 0 bridgehead atoms. The third kappa shape index (κ3) is 3.34. The number of nitrogens with one attached hydrogen (secondary N) is 1. The van der Waals surface area contributed by atoms with Crippen molar-refractivity contribution in [3.05, 3.63) is 101 Å². The lowest BCUT2D eigenvalue weighted by Crippen LogP contribution is -2.40. The Bertz CT molecular complexity index is 1260. The molecule has 0 unspecified atom stereocenters. The van der Waals surface area contributed by atoms with Crippen molar-refractivity contribution in [2.45, 2.75) is 12.5 Å². The number of halogens is 2. The molecule has 156 valence electrons. The van der Waals surface area contributed by atoms with Crippen molar-refractivity contribution in [2.75, 3.05) is 13.7 Å². The summed E-state index contributed by atoms with van der Waals surface area (Å²) in [4.78, 5) is 18.6. The Morgan fingerprint density at radius 3 is 2.35 bits per heavy atom. The summed E-state index contributed by atoms with van der Waals surface area (Å²) in [6, 6.07) is 17.2. The van der Waals surface area contributed by atoms with Crippen molar-refractivity contribution < 1.29 is 18.3 Å². The predicted molar refractivity (Wildman–Crippen MR) is 114 cm³/mol. The van der Waals surface area contributed by atoms with Crippen molar-refractivity contribution in [2.24, 2.45) is 0 Å². The van der Waals surface area contributed by atoms with Crippen LogP contribution >= 0.6 is 0 Å². The molecule has 1 aromatic heterocycles. The highest BCUT2D eigenvalue weighted by atomic mass is 19.1. The Kier molecular flexibility index (Phi) is 4.70. The van der Waals surface area contributed by atoms with Crippen LogP contribution in [0.25, 0.3) is 10.9 Å². The maximum absolute atomic E-state index is 13.6. The van der Waals surface area contributed by atoms with E-state index in [0.29, 0.717) is 18.5 Å². The number of benzene rings is 3. The van der Waals surface area contributed by atoms with Crippen LogP contribution in [0.3, 0.4) is 0 Å². The minimum absolute atomic E-state index is 0.198. The van der Waals surface area contributed by atoms with Crippen LogP contribution in [0.15, 0.2) is 66.7 Å². The number of hydrogen-bond donors (Lipinski definition) is 1. The maximum Gasteiger partial charge on any atom is 0.254 e. The molecule has 0 radical (unpaired) electrons. The van der Waals surface area contributed by atoms with Crippen LogP contribution in [0.4, 0.5) is 8.78 Å². The second kappa shape index (κ2) is 7.54. The predicted octanol–water partition coefficient (Wildman–Crippen LogP) is 5.24. The van der Waals surface area contributed by atoms with E-state index in [0.717, 1.165) is 33.5 Å². The summed E-state index contributed by atoms with van der Waals surface area (Å²) in [6.45, 7) is 0.482. The van der Waals surface area contributed by atoms with Gasteiger partial charge in [-0.05, 0) is 72.1 Å². The highest BCUT2D eigenvalue weighted by molar-refractivity contribution is 5.95. The molecule has 0 spiro atoms. The average molecular weight is 418 g/mol. The monoisotopic (exact) mass is 418 g/mol. The van der Waals surface area contributed by atoms with Crippen LogP contribution in [0.5, 0.6) is 5.75 Å². The van der Waals surface area contributed by atoms with Gasteiger partial charge in [0.2, 0.25) is 0 Å². The molecule has 0 saturated heterocycles. The highest BCUT2D eigenvalue weighted by Crippen LogP contribution is 2.40. The number of aromatic amines is 1. The summed E-state index contributed by atoms with van der Waals surface area (Å²) in [6.07, 6.45) is 0.660. The standard InChI is InChI=1S/C25H20F2N2O2/c1-31-19-10-11-22-21(14-19)20-12-13-29(25(30)16-4-8-18(27)9-5-16)24(23(20)28-22)15-2-6-17(26)7-3-15/h2-11,14,24,28H,12-13H2,1H3/t24-/m1/s1. The van der Waals surface area contributed by atoms with Gasteiger partial charge in [0.05, 0.1) is 13.2 Å². The first-order valence-corrected chi connectivity index (χ1v) is 10.1. The van der Waals surface area contributed by atoms with E-state index in [2.05, 4.69) is 4.98 Å². The number of amides is 1. The Balaban J connectivity index is 1.65. The zero-order valence-electron chi connectivity index (χ0n) is 16.9. The zero-order chi connectivity index (χ0) is 21.5. The average Bonchev–Trinajstić information content (AvgIpc) is 3.17. The number of fused-ring (bicyclic) bond motifs is 3. The molecule has 31 heavy (non-hydrogen) atoms. The summed E-state index contributed by atoms with van der Waals surface area (Å²) in [5, 5.41) is 1.05. The van der Waals surface area contributed by atoms with Gasteiger partial charge in [-0.1, -0.05) is 12.1 Å². The molecule has 3 aromatic carbocycles. The van der Waals surface area contributed by atoms with E-state index in [-0.39, 0.29) is 11.7 Å². The first-order valence-electron chi connectivity index (χ1n) is 10.1. The van der Waals surface area contributed by atoms with Crippen LogP contribution in [-0.4, -0.2) is 29.4 Å². The Morgan fingerprint density at radius 1 is 1.00 bits per heavy atom. The quantitative estimate of drug-likeness (QED) is 0.494. The Morgan fingerprint density at radius 2 is 1.68 bits per heavy atom. The fourth-order valence-electron chi connectivity index (χ4n) is 4.36. The van der Waals surface area contributed by atoms with Gasteiger partial charge in [0.1, 0.15) is 17.4 Å². The van der Waals surface area contributed by atoms with E-state index in [1.165, 1.54) is 36.4 Å². The third-order valence-corrected chi connectivity index (χ3v) is 5.87. The van der Waals surface area contributed by atoms with Gasteiger partial charge in [0.15, 0.2) is 0 Å². The molecular formula is C25H20F2N2O2. The molecule has 1 aliphatic heterocycles. The summed E-state index contributed by atoms with van der Waals surface area (Å²) < 4.78 is 32.4. The Labute approximate surface area is 178 Å². The fraction of sp³-hybridized carbons (Fsp3) is 0.160. The summed E-state index contributed by atoms with van der Waals surface area (Å²) in [5.41, 5.74) is 4.18. The third-order valence-electron chi connectivity index (χ3n) is 5.87. The number of hydrogen-bond acceptors (Lipinski definition) is 2. The first-order chi connectivity index (χ1) is 15.0. The summed E-state index contributed by atoms with van der Waals surface area (Å²) in [7, 11) is 1.63. The molecular weight excluding hydrogens is 398 g/mol. The van der Waals surface area contributed by atoms with E-state index in [9.17, 15) is 13.6 Å². The summed E-state index contributed by atoms with van der Waals surface area (Å²) in [5.74, 6) is -0.164. The molecule has 4 nitrogen and oxygen atoms in total. The number of ether oxygens (including phenoxy) is 1. The number of aromatic nitrogens is 1. The van der Waals surface area contributed by atoms with E-state index >= 15 is 0 Å². The van der Waals surface area contributed by atoms with Gasteiger partial charge < -0.3 is 14.6 Å². The fourth-order valence-corrected chi connectivity index (χ4v) is 4.36. The van der Waals surface area contributed by atoms with Gasteiger partial charge in [-0.2, -0.15) is 0 Å². The molecule has 0 fully saturated rings. The van der Waals surface area contributed by atoms with Crippen LogP contribution in [0, 0.1) is 11.6 Å². The number of rotatable bonds is 3. The lowest BCUT2D eigenvalue weighted by molar-refractivity contribution is 0.0692. The molecule has 5 rings (SSSR count). The van der Waals surface area contributed by atoms with E-state index in [1.807, 2.05) is 18.2 Å². The van der Waals surface area contributed by atoms with Crippen LogP contribution in [0.1, 0.15) is 33.2 Å². The minimum atomic E-state index is -0.416. The number of carbonyl (C=O) groups is 1. The lowest BCUT2D eigenvalue weighted by Gasteiger charge is -2.36. The number of H-pyrrole nitrogens is 1. The topological polar surface area (TPSA) is 45.3 Å². The molecule has 1 N–H and O–H groups in total. The SMILES string of the molecule is COc1ccc2[nH]c3c(c2c1)CCN(C(=O)c1ccc(F)cc1)[C@@H]3c1ccc(F)cc1. The second-order valence-corrected chi connectivity index (χ2v) is 7.64. The largest absolute Gasteiger partial charge is 0.497 e. The van der Waals surface area contributed by atoms with Crippen molar-refractivity contribution >= 4 is 16.8 Å². The molecule has 1 atom stereocenters. The maximum atomic E-state index is 13.6. The van der Waals surface area contributed by atoms with Crippen molar-refractivity contribution in [1.29, 1.82) is 0 Å². The molecule has 6 heteroatoms. The molecule has 0 aliphatic carbocycles.